The van der Waals surface area contributed by atoms with E-state index in [2.05, 4.69) is 0 Å². The number of carboxylic acid groups (broad SMARTS) is 1. The summed E-state index contributed by atoms with van der Waals surface area (Å²) >= 11 is 0. The van der Waals surface area contributed by atoms with Crippen LogP contribution in [0.4, 0.5) is 0 Å². The van der Waals surface area contributed by atoms with Crippen LogP contribution in [-0.2, 0) is 4.79 Å². The summed E-state index contributed by atoms with van der Waals surface area (Å²) in [5, 5.41) is 18.2. The fourth-order valence-corrected chi connectivity index (χ4v) is 1.40. The summed E-state index contributed by atoms with van der Waals surface area (Å²) in [5.74, 6) is -3.00. The SMILES string of the molecule is O=C(O)C(=O)c1ccc2c(c1O)OCCO2. The summed E-state index contributed by atoms with van der Waals surface area (Å²) < 4.78 is 10.3. The number of fused-ring (bicyclic) bond motifs is 1. The van der Waals surface area contributed by atoms with Gasteiger partial charge in [0.1, 0.15) is 13.2 Å². The Morgan fingerprint density at radius 3 is 2.56 bits per heavy atom. The minimum absolute atomic E-state index is 0.0124. The van der Waals surface area contributed by atoms with Crippen molar-refractivity contribution in [3.05, 3.63) is 17.7 Å². The highest BCUT2D eigenvalue weighted by Gasteiger charge is 2.25. The number of rotatable bonds is 2. The number of aliphatic carboxylic acids is 1. The van der Waals surface area contributed by atoms with E-state index in [0.717, 1.165) is 0 Å². The molecule has 6 nitrogen and oxygen atoms in total. The molecule has 0 saturated heterocycles. The number of benzene rings is 1. The van der Waals surface area contributed by atoms with E-state index in [1.54, 1.807) is 0 Å². The van der Waals surface area contributed by atoms with Crippen LogP contribution < -0.4 is 9.47 Å². The van der Waals surface area contributed by atoms with Gasteiger partial charge >= 0.3 is 5.97 Å². The predicted octanol–water partition coefficient (Wildman–Crippen LogP) is 0.431. The van der Waals surface area contributed by atoms with E-state index in [4.69, 9.17) is 14.6 Å². The lowest BCUT2D eigenvalue weighted by Gasteiger charge is -2.19. The van der Waals surface area contributed by atoms with Crippen LogP contribution in [0, 0.1) is 0 Å². The predicted molar refractivity (Wildman–Crippen MR) is 51.1 cm³/mol. The number of aromatic hydroxyl groups is 1. The van der Waals surface area contributed by atoms with Crippen molar-refractivity contribution in [1.29, 1.82) is 0 Å². The normalized spacial score (nSPS) is 13.2. The molecule has 0 aliphatic carbocycles. The van der Waals surface area contributed by atoms with E-state index >= 15 is 0 Å². The first-order valence-electron chi connectivity index (χ1n) is 4.50. The summed E-state index contributed by atoms with van der Waals surface area (Å²) in [6.45, 7) is 0.587. The van der Waals surface area contributed by atoms with Crippen LogP contribution in [0.5, 0.6) is 17.2 Å². The molecule has 0 spiro atoms. The zero-order valence-corrected chi connectivity index (χ0v) is 8.10. The van der Waals surface area contributed by atoms with Gasteiger partial charge in [0.25, 0.3) is 5.78 Å². The average molecular weight is 224 g/mol. The van der Waals surface area contributed by atoms with Crippen molar-refractivity contribution in [3.63, 3.8) is 0 Å². The Hall–Kier alpha value is -2.24. The molecule has 16 heavy (non-hydrogen) atoms. The van der Waals surface area contributed by atoms with Crippen molar-refractivity contribution in [2.75, 3.05) is 13.2 Å². The van der Waals surface area contributed by atoms with Crippen LogP contribution >= 0.6 is 0 Å². The molecule has 0 radical (unpaired) electrons. The second-order valence-electron chi connectivity index (χ2n) is 3.12. The zero-order valence-electron chi connectivity index (χ0n) is 8.10. The van der Waals surface area contributed by atoms with Gasteiger partial charge in [-0.1, -0.05) is 0 Å². The highest BCUT2D eigenvalue weighted by Crippen LogP contribution is 2.40. The third-order valence-electron chi connectivity index (χ3n) is 2.12. The monoisotopic (exact) mass is 224 g/mol. The maximum Gasteiger partial charge on any atom is 0.377 e. The van der Waals surface area contributed by atoms with Crippen LogP contribution in [-0.4, -0.2) is 35.2 Å². The number of hydrogen-bond donors (Lipinski definition) is 2. The summed E-state index contributed by atoms with van der Waals surface area (Å²) in [6.07, 6.45) is 0. The maximum atomic E-state index is 11.2. The van der Waals surface area contributed by atoms with Crippen molar-refractivity contribution in [1.82, 2.24) is 0 Å². The average Bonchev–Trinajstić information content (AvgIpc) is 2.29. The Bertz CT molecular complexity index is 465. The van der Waals surface area contributed by atoms with E-state index in [0.29, 0.717) is 12.4 Å². The number of hydrogen-bond acceptors (Lipinski definition) is 5. The molecule has 0 saturated carbocycles. The number of carboxylic acids is 1. The molecule has 0 atom stereocenters. The molecule has 1 aliphatic rings. The second-order valence-corrected chi connectivity index (χ2v) is 3.12. The van der Waals surface area contributed by atoms with E-state index in [1.807, 2.05) is 0 Å². The van der Waals surface area contributed by atoms with Crippen molar-refractivity contribution >= 4 is 11.8 Å². The highest BCUT2D eigenvalue weighted by molar-refractivity contribution is 6.40. The van der Waals surface area contributed by atoms with Gasteiger partial charge in [0.05, 0.1) is 5.56 Å². The van der Waals surface area contributed by atoms with Crippen molar-refractivity contribution < 1.29 is 29.3 Å². The lowest BCUT2D eigenvalue weighted by atomic mass is 10.1. The number of carbonyl (C=O) groups is 2. The lowest BCUT2D eigenvalue weighted by Crippen LogP contribution is -2.17. The summed E-state index contributed by atoms with van der Waals surface area (Å²) in [5.41, 5.74) is -0.309. The molecule has 1 aromatic rings. The topological polar surface area (TPSA) is 93.1 Å². The van der Waals surface area contributed by atoms with E-state index in [9.17, 15) is 14.7 Å². The molecule has 2 N–H and O–H groups in total. The number of phenols is 1. The molecule has 1 heterocycles. The number of ether oxygens (including phenoxy) is 2. The largest absolute Gasteiger partial charge is 0.504 e. The quantitative estimate of drug-likeness (QED) is 0.559. The molecule has 1 aromatic carbocycles. The molecule has 0 bridgehead atoms. The fraction of sp³-hybridized carbons (Fsp3) is 0.200. The van der Waals surface area contributed by atoms with Crippen molar-refractivity contribution in [2.45, 2.75) is 0 Å². The van der Waals surface area contributed by atoms with Gasteiger partial charge in [0.15, 0.2) is 11.5 Å². The molecule has 84 valence electrons. The molecule has 0 fully saturated rings. The van der Waals surface area contributed by atoms with Crippen LogP contribution in [0.15, 0.2) is 12.1 Å². The molecule has 0 amide bonds. The molecule has 2 rings (SSSR count). The summed E-state index contributed by atoms with van der Waals surface area (Å²) in [7, 11) is 0. The fourth-order valence-electron chi connectivity index (χ4n) is 1.40. The van der Waals surface area contributed by atoms with Gasteiger partial charge in [-0.2, -0.15) is 0 Å². The van der Waals surface area contributed by atoms with Crippen molar-refractivity contribution in [2.24, 2.45) is 0 Å². The Balaban J connectivity index is 2.49. The summed E-state index contributed by atoms with van der Waals surface area (Å²) in [4.78, 5) is 21.7. The standard InChI is InChI=1S/C10H8O6/c11-7-5(8(12)10(13)14)1-2-6-9(7)16-4-3-15-6/h1-2,11H,3-4H2,(H,13,14). The highest BCUT2D eigenvalue weighted by atomic mass is 16.6. The Kier molecular flexibility index (Phi) is 2.40. The third-order valence-corrected chi connectivity index (χ3v) is 2.12. The molecule has 0 unspecified atom stereocenters. The summed E-state index contributed by atoms with van der Waals surface area (Å²) in [6, 6.07) is 2.59. The Labute approximate surface area is 90.0 Å². The van der Waals surface area contributed by atoms with Crippen molar-refractivity contribution in [3.8, 4) is 17.2 Å². The molecule has 1 aliphatic heterocycles. The number of phenolic OH excluding ortho intramolecular Hbond substituents is 1. The first kappa shape index (κ1) is 10.3. The number of carbonyl (C=O) groups excluding carboxylic acids is 1. The third kappa shape index (κ3) is 1.54. The van der Waals surface area contributed by atoms with Crippen LogP contribution in [0.1, 0.15) is 10.4 Å². The first-order valence-corrected chi connectivity index (χ1v) is 4.50. The Morgan fingerprint density at radius 2 is 1.88 bits per heavy atom. The molecular formula is C10H8O6. The van der Waals surface area contributed by atoms with Crippen LogP contribution in [0.25, 0.3) is 0 Å². The molecule has 0 aromatic heterocycles. The minimum Gasteiger partial charge on any atom is -0.504 e. The van der Waals surface area contributed by atoms with Gasteiger partial charge in [0, 0.05) is 0 Å². The van der Waals surface area contributed by atoms with Gasteiger partial charge in [-0.15, -0.1) is 0 Å². The van der Waals surface area contributed by atoms with Gasteiger partial charge in [-0.05, 0) is 12.1 Å². The lowest BCUT2D eigenvalue weighted by molar-refractivity contribution is -0.131. The van der Waals surface area contributed by atoms with Gasteiger partial charge in [-0.3, -0.25) is 4.79 Å². The smallest absolute Gasteiger partial charge is 0.377 e. The van der Waals surface area contributed by atoms with Gasteiger partial charge in [0.2, 0.25) is 5.75 Å². The number of ketones is 1. The maximum absolute atomic E-state index is 11.2. The van der Waals surface area contributed by atoms with Crippen LogP contribution in [0.2, 0.25) is 0 Å². The molecular weight excluding hydrogens is 216 g/mol. The van der Waals surface area contributed by atoms with Gasteiger partial charge in [-0.25, -0.2) is 4.79 Å². The Morgan fingerprint density at radius 1 is 1.19 bits per heavy atom. The van der Waals surface area contributed by atoms with Crippen LogP contribution in [0.3, 0.4) is 0 Å². The van der Waals surface area contributed by atoms with E-state index < -0.39 is 17.5 Å². The van der Waals surface area contributed by atoms with E-state index in [1.165, 1.54) is 12.1 Å². The van der Waals surface area contributed by atoms with E-state index in [-0.39, 0.29) is 17.9 Å². The second kappa shape index (κ2) is 3.73. The molecule has 6 heteroatoms. The number of Topliss-reactive ketones (excluding diaryl/α,β-unsaturated/α-hetero) is 1. The minimum atomic E-state index is -1.63. The van der Waals surface area contributed by atoms with Gasteiger partial charge < -0.3 is 19.7 Å². The first-order chi connectivity index (χ1) is 7.61. The zero-order chi connectivity index (χ0) is 11.7.